The standard InChI is InChI=1S/C33H50O8/c1-9-10-15-40-25(38)12-11-18(2)20-16-24(37)33(8)26-21(35)17-22-30(4,5)23(36)13-14-31(22,6)27(26)28(39)29(32(20,33)7)41-19(3)34/h18,20-23,29,35-36H,9-17H2,1-8H3/t18-,20-,21+,22?,23+,29-,31+,32+,33+/m1/s1. The normalized spacial score (nSPS) is 40.4. The molecule has 4 aliphatic carbocycles. The van der Waals surface area contributed by atoms with Crippen LogP contribution in [0, 0.1) is 39.4 Å². The number of rotatable bonds is 8. The first-order chi connectivity index (χ1) is 19.0. The Morgan fingerprint density at radius 3 is 2.37 bits per heavy atom. The molecule has 0 bridgehead atoms. The van der Waals surface area contributed by atoms with Crippen molar-refractivity contribution in [3.8, 4) is 0 Å². The highest BCUT2D eigenvalue weighted by molar-refractivity contribution is 6.08. The fourth-order valence-electron chi connectivity index (χ4n) is 9.38. The molecule has 0 heterocycles. The van der Waals surface area contributed by atoms with E-state index in [2.05, 4.69) is 0 Å². The lowest BCUT2D eigenvalue weighted by Gasteiger charge is -2.62. The lowest BCUT2D eigenvalue weighted by molar-refractivity contribution is -0.178. The predicted octanol–water partition coefficient (Wildman–Crippen LogP) is 4.73. The molecule has 2 N–H and O–H groups in total. The Balaban J connectivity index is 1.81. The number of hydrogen-bond acceptors (Lipinski definition) is 8. The summed E-state index contributed by atoms with van der Waals surface area (Å²) in [7, 11) is 0. The molecule has 0 spiro atoms. The Morgan fingerprint density at radius 2 is 1.76 bits per heavy atom. The zero-order valence-electron chi connectivity index (χ0n) is 26.2. The molecule has 8 nitrogen and oxygen atoms in total. The molecule has 1 unspecified atom stereocenters. The molecule has 230 valence electrons. The number of Topliss-reactive ketones (excluding diaryl/α,β-unsaturated/α-hetero) is 2. The number of aliphatic hydroxyl groups excluding tert-OH is 2. The van der Waals surface area contributed by atoms with Crippen LogP contribution >= 0.6 is 0 Å². The maximum atomic E-state index is 14.7. The quantitative estimate of drug-likeness (QED) is 0.315. The van der Waals surface area contributed by atoms with Gasteiger partial charge >= 0.3 is 11.9 Å². The third-order valence-electron chi connectivity index (χ3n) is 12.0. The Morgan fingerprint density at radius 1 is 1.10 bits per heavy atom. The van der Waals surface area contributed by atoms with Gasteiger partial charge in [0.05, 0.1) is 24.2 Å². The number of carbonyl (C=O) groups is 4. The van der Waals surface area contributed by atoms with E-state index in [-0.39, 0.29) is 48.1 Å². The van der Waals surface area contributed by atoms with Crippen LogP contribution in [0.4, 0.5) is 0 Å². The van der Waals surface area contributed by atoms with E-state index in [1.807, 2.05) is 48.5 Å². The van der Waals surface area contributed by atoms with E-state index in [1.165, 1.54) is 6.92 Å². The van der Waals surface area contributed by atoms with Crippen LogP contribution in [0.5, 0.6) is 0 Å². The maximum absolute atomic E-state index is 14.7. The van der Waals surface area contributed by atoms with Gasteiger partial charge in [0.25, 0.3) is 0 Å². The molecule has 4 rings (SSSR count). The first-order valence-corrected chi connectivity index (χ1v) is 15.5. The van der Waals surface area contributed by atoms with Gasteiger partial charge in [-0.2, -0.15) is 0 Å². The van der Waals surface area contributed by atoms with Crippen molar-refractivity contribution in [1.29, 1.82) is 0 Å². The number of aliphatic hydroxyl groups is 2. The summed E-state index contributed by atoms with van der Waals surface area (Å²) in [5, 5.41) is 22.7. The van der Waals surface area contributed by atoms with E-state index in [1.54, 1.807) is 0 Å². The molecule has 0 amide bonds. The predicted molar refractivity (Wildman–Crippen MR) is 152 cm³/mol. The Bertz CT molecular complexity index is 1140. The van der Waals surface area contributed by atoms with Gasteiger partial charge in [0.2, 0.25) is 5.78 Å². The number of fused-ring (bicyclic) bond motifs is 4. The van der Waals surface area contributed by atoms with E-state index < -0.39 is 45.9 Å². The average Bonchev–Trinajstić information content (AvgIpc) is 3.10. The molecule has 4 aliphatic rings. The van der Waals surface area contributed by atoms with Crippen molar-refractivity contribution < 1.29 is 38.9 Å². The topological polar surface area (TPSA) is 127 Å². The summed E-state index contributed by atoms with van der Waals surface area (Å²) < 4.78 is 11.2. The van der Waals surface area contributed by atoms with Gasteiger partial charge in [-0.3, -0.25) is 19.2 Å². The van der Waals surface area contributed by atoms with Crippen molar-refractivity contribution >= 4 is 23.5 Å². The zero-order chi connectivity index (χ0) is 30.7. The first-order valence-electron chi connectivity index (χ1n) is 15.5. The van der Waals surface area contributed by atoms with E-state index in [0.29, 0.717) is 43.4 Å². The average molecular weight is 575 g/mol. The Labute approximate surface area is 244 Å². The van der Waals surface area contributed by atoms with Crippen molar-refractivity contribution in [1.82, 2.24) is 0 Å². The second-order valence-corrected chi connectivity index (χ2v) is 14.5. The molecule has 0 aromatic carbocycles. The summed E-state index contributed by atoms with van der Waals surface area (Å²) >= 11 is 0. The number of unbranched alkanes of at least 4 members (excludes halogenated alkanes) is 1. The van der Waals surface area contributed by atoms with Gasteiger partial charge in [0, 0.05) is 30.8 Å². The lowest BCUT2D eigenvalue weighted by atomic mass is 9.42. The third-order valence-corrected chi connectivity index (χ3v) is 12.0. The molecule has 0 aromatic heterocycles. The Hall–Kier alpha value is -2.06. The van der Waals surface area contributed by atoms with Gasteiger partial charge in [-0.1, -0.05) is 48.0 Å². The fourth-order valence-corrected chi connectivity index (χ4v) is 9.38. The molecule has 0 saturated heterocycles. The molecule has 0 aromatic rings. The first kappa shape index (κ1) is 31.9. The monoisotopic (exact) mass is 574 g/mol. The van der Waals surface area contributed by atoms with Crippen molar-refractivity contribution in [2.75, 3.05) is 6.61 Å². The molecular weight excluding hydrogens is 524 g/mol. The minimum absolute atomic E-state index is 0.0734. The number of hydrogen-bond donors (Lipinski definition) is 2. The van der Waals surface area contributed by atoms with Gasteiger partial charge in [-0.15, -0.1) is 0 Å². The molecule has 0 aliphatic heterocycles. The summed E-state index contributed by atoms with van der Waals surface area (Å²) in [6.45, 7) is 15.3. The molecule has 2 fully saturated rings. The summed E-state index contributed by atoms with van der Waals surface area (Å²) in [4.78, 5) is 53.8. The van der Waals surface area contributed by atoms with Crippen molar-refractivity contribution in [2.24, 2.45) is 39.4 Å². The van der Waals surface area contributed by atoms with Crippen LogP contribution < -0.4 is 0 Å². The molecule has 41 heavy (non-hydrogen) atoms. The molecule has 2 saturated carbocycles. The summed E-state index contributed by atoms with van der Waals surface area (Å²) in [6, 6.07) is 0. The van der Waals surface area contributed by atoms with E-state index >= 15 is 0 Å². The summed E-state index contributed by atoms with van der Waals surface area (Å²) in [5.74, 6) is -1.99. The third kappa shape index (κ3) is 4.62. The van der Waals surface area contributed by atoms with Crippen molar-refractivity contribution in [3.63, 3.8) is 0 Å². The van der Waals surface area contributed by atoms with Gasteiger partial charge in [-0.05, 0) is 73.2 Å². The van der Waals surface area contributed by atoms with Crippen LogP contribution in [0.25, 0.3) is 0 Å². The van der Waals surface area contributed by atoms with Gasteiger partial charge in [0.1, 0.15) is 5.78 Å². The highest BCUT2D eigenvalue weighted by Gasteiger charge is 2.74. The van der Waals surface area contributed by atoms with Crippen LogP contribution in [0.1, 0.15) is 107 Å². The van der Waals surface area contributed by atoms with Crippen molar-refractivity contribution in [3.05, 3.63) is 11.1 Å². The number of esters is 2. The second-order valence-electron chi connectivity index (χ2n) is 14.5. The largest absolute Gasteiger partial charge is 0.466 e. The second kappa shape index (κ2) is 10.9. The molecular formula is C33H50O8. The fraction of sp³-hybridized carbons (Fsp3) is 0.818. The number of ketones is 2. The van der Waals surface area contributed by atoms with E-state index in [4.69, 9.17) is 9.47 Å². The molecule has 9 atom stereocenters. The smallest absolute Gasteiger partial charge is 0.305 e. The van der Waals surface area contributed by atoms with Crippen LogP contribution in [-0.4, -0.2) is 58.6 Å². The zero-order valence-corrected chi connectivity index (χ0v) is 26.2. The SMILES string of the molecule is CCCCOC(=O)CC[C@@H](C)[C@H]1CC(=O)[C@@]2(C)C3=C(C(=O)[C@@H](OC(C)=O)[C@]12C)[C@@]1(C)CC[C@H](O)C(C)(C)C1C[C@@H]3O. The van der Waals surface area contributed by atoms with Crippen LogP contribution in [-0.2, 0) is 28.7 Å². The highest BCUT2D eigenvalue weighted by atomic mass is 16.5. The lowest BCUT2D eigenvalue weighted by Crippen LogP contribution is -2.65. The number of carbonyl (C=O) groups excluding carboxylic acids is 4. The van der Waals surface area contributed by atoms with Gasteiger partial charge in [-0.25, -0.2) is 0 Å². The highest BCUT2D eigenvalue weighted by Crippen LogP contribution is 2.71. The van der Waals surface area contributed by atoms with Crippen LogP contribution in [0.3, 0.4) is 0 Å². The van der Waals surface area contributed by atoms with E-state index in [9.17, 15) is 29.4 Å². The molecule has 8 heteroatoms. The number of ether oxygens (including phenoxy) is 2. The minimum atomic E-state index is -1.23. The van der Waals surface area contributed by atoms with Crippen LogP contribution in [0.15, 0.2) is 11.1 Å². The summed E-state index contributed by atoms with van der Waals surface area (Å²) in [6.07, 6.45) is 1.12. The minimum Gasteiger partial charge on any atom is -0.466 e. The Kier molecular flexibility index (Phi) is 8.47. The molecule has 0 radical (unpaired) electrons. The van der Waals surface area contributed by atoms with Crippen molar-refractivity contribution in [2.45, 2.75) is 125 Å². The summed E-state index contributed by atoms with van der Waals surface area (Å²) in [5.41, 5.74) is -2.68. The van der Waals surface area contributed by atoms with Gasteiger partial charge in [0.15, 0.2) is 6.10 Å². The van der Waals surface area contributed by atoms with Crippen LogP contribution in [0.2, 0.25) is 0 Å². The maximum Gasteiger partial charge on any atom is 0.305 e. The van der Waals surface area contributed by atoms with Gasteiger partial charge < -0.3 is 19.7 Å². The van der Waals surface area contributed by atoms with E-state index in [0.717, 1.165) is 12.8 Å².